The Bertz CT molecular complexity index is 324. The third-order valence-electron chi connectivity index (χ3n) is 2.66. The van der Waals surface area contributed by atoms with Crippen LogP contribution in [0.2, 0.25) is 0 Å². The Labute approximate surface area is 95.7 Å². The highest BCUT2D eigenvalue weighted by atomic mass is 35.5. The summed E-state index contributed by atoms with van der Waals surface area (Å²) in [4.78, 5) is 0. The van der Waals surface area contributed by atoms with Crippen molar-refractivity contribution in [2.75, 3.05) is 19.6 Å². The number of aryl methyl sites for hydroxylation is 1. The molecule has 1 atom stereocenters. The molecule has 0 amide bonds. The van der Waals surface area contributed by atoms with E-state index in [0.29, 0.717) is 0 Å². The molecule has 15 heavy (non-hydrogen) atoms. The van der Waals surface area contributed by atoms with Crippen LogP contribution in [0.1, 0.15) is 17.2 Å². The number of rotatable bonds is 1. The van der Waals surface area contributed by atoms with Crippen LogP contribution in [0.15, 0.2) is 18.2 Å². The van der Waals surface area contributed by atoms with Crippen molar-refractivity contribution in [1.29, 1.82) is 0 Å². The number of benzene rings is 1. The molecule has 1 fully saturated rings. The van der Waals surface area contributed by atoms with E-state index in [2.05, 4.69) is 10.6 Å². The van der Waals surface area contributed by atoms with Gasteiger partial charge in [-0.15, -0.1) is 12.4 Å². The second-order valence-corrected chi connectivity index (χ2v) is 3.71. The van der Waals surface area contributed by atoms with Gasteiger partial charge in [0, 0.05) is 25.7 Å². The van der Waals surface area contributed by atoms with E-state index < -0.39 is 0 Å². The van der Waals surface area contributed by atoms with Crippen LogP contribution in [0, 0.1) is 12.7 Å². The van der Waals surface area contributed by atoms with E-state index in [4.69, 9.17) is 0 Å². The van der Waals surface area contributed by atoms with Crippen molar-refractivity contribution >= 4 is 12.4 Å². The van der Waals surface area contributed by atoms with Crippen LogP contribution in [-0.2, 0) is 0 Å². The zero-order valence-electron chi connectivity index (χ0n) is 8.72. The number of nitrogens with one attached hydrogen (secondary N) is 2. The predicted octanol–water partition coefficient (Wildman–Crippen LogP) is 1.79. The van der Waals surface area contributed by atoms with Gasteiger partial charge in [-0.05, 0) is 30.2 Å². The summed E-state index contributed by atoms with van der Waals surface area (Å²) in [5.41, 5.74) is 2.21. The molecule has 1 heterocycles. The largest absolute Gasteiger partial charge is 0.314 e. The summed E-state index contributed by atoms with van der Waals surface area (Å²) in [6.45, 7) is 4.83. The first kappa shape index (κ1) is 12.4. The first-order chi connectivity index (χ1) is 6.77. The number of hydrogen-bond donors (Lipinski definition) is 2. The zero-order chi connectivity index (χ0) is 9.97. The van der Waals surface area contributed by atoms with Crippen molar-refractivity contribution in [1.82, 2.24) is 10.6 Å². The fourth-order valence-electron chi connectivity index (χ4n) is 1.86. The van der Waals surface area contributed by atoms with E-state index in [1.807, 2.05) is 13.0 Å². The molecule has 1 aromatic carbocycles. The molecule has 1 saturated heterocycles. The molecule has 1 aromatic rings. The highest BCUT2D eigenvalue weighted by Crippen LogP contribution is 2.19. The second kappa shape index (κ2) is 5.45. The molecular weight excluding hydrogens is 215 g/mol. The summed E-state index contributed by atoms with van der Waals surface area (Å²) in [6, 6.07) is 5.22. The smallest absolute Gasteiger partial charge is 0.123 e. The Balaban J connectivity index is 0.00000112. The molecule has 84 valence electrons. The van der Waals surface area contributed by atoms with E-state index in [1.165, 1.54) is 6.07 Å². The monoisotopic (exact) mass is 230 g/mol. The van der Waals surface area contributed by atoms with Crippen LogP contribution in [0.5, 0.6) is 0 Å². The topological polar surface area (TPSA) is 24.1 Å². The van der Waals surface area contributed by atoms with Crippen LogP contribution in [-0.4, -0.2) is 19.6 Å². The average molecular weight is 231 g/mol. The first-order valence-corrected chi connectivity index (χ1v) is 4.97. The van der Waals surface area contributed by atoms with Gasteiger partial charge in [-0.3, -0.25) is 0 Å². The molecule has 0 spiro atoms. The third kappa shape index (κ3) is 2.91. The van der Waals surface area contributed by atoms with E-state index >= 15 is 0 Å². The van der Waals surface area contributed by atoms with Crippen LogP contribution in [0.25, 0.3) is 0 Å². The Hall–Kier alpha value is -0.640. The van der Waals surface area contributed by atoms with Gasteiger partial charge in [0.15, 0.2) is 0 Å². The van der Waals surface area contributed by atoms with Crippen molar-refractivity contribution in [3.05, 3.63) is 35.1 Å². The maximum absolute atomic E-state index is 13.1. The molecule has 0 unspecified atom stereocenters. The van der Waals surface area contributed by atoms with E-state index in [0.717, 1.165) is 30.8 Å². The summed E-state index contributed by atoms with van der Waals surface area (Å²) in [7, 11) is 0. The molecule has 0 aliphatic carbocycles. The molecule has 0 radical (unpaired) electrons. The minimum atomic E-state index is -0.155. The van der Waals surface area contributed by atoms with Gasteiger partial charge in [0.2, 0.25) is 0 Å². The molecule has 1 aliphatic heterocycles. The molecule has 2 nitrogen and oxygen atoms in total. The molecule has 1 aliphatic rings. The van der Waals surface area contributed by atoms with Crippen molar-refractivity contribution in [2.24, 2.45) is 0 Å². The summed E-state index contributed by atoms with van der Waals surface area (Å²) in [6.07, 6.45) is 0. The van der Waals surface area contributed by atoms with Crippen molar-refractivity contribution in [3.8, 4) is 0 Å². The van der Waals surface area contributed by atoms with E-state index in [-0.39, 0.29) is 24.3 Å². The Morgan fingerprint density at radius 2 is 2.13 bits per heavy atom. The summed E-state index contributed by atoms with van der Waals surface area (Å²) < 4.78 is 13.1. The normalized spacial score (nSPS) is 20.8. The van der Waals surface area contributed by atoms with Crippen molar-refractivity contribution < 1.29 is 4.39 Å². The number of halogens is 2. The molecule has 0 bridgehead atoms. The maximum atomic E-state index is 13.1. The van der Waals surface area contributed by atoms with Gasteiger partial charge >= 0.3 is 0 Å². The van der Waals surface area contributed by atoms with Gasteiger partial charge in [-0.25, -0.2) is 4.39 Å². The lowest BCUT2D eigenvalue weighted by Gasteiger charge is -2.26. The number of piperazine rings is 1. The Morgan fingerprint density at radius 3 is 2.80 bits per heavy atom. The first-order valence-electron chi connectivity index (χ1n) is 4.97. The SMILES string of the molecule is Cc1ccc(F)cc1[C@@H]1CNCCN1.Cl. The van der Waals surface area contributed by atoms with Crippen LogP contribution >= 0.6 is 12.4 Å². The van der Waals surface area contributed by atoms with Gasteiger partial charge < -0.3 is 10.6 Å². The minimum absolute atomic E-state index is 0. The maximum Gasteiger partial charge on any atom is 0.123 e. The molecule has 2 rings (SSSR count). The molecule has 4 heteroatoms. The standard InChI is InChI=1S/C11H15FN2.ClH/c1-8-2-3-9(12)6-10(8)11-7-13-4-5-14-11;/h2-3,6,11,13-14H,4-5,7H2,1H3;1H/t11-;/m0./s1. The highest BCUT2D eigenvalue weighted by molar-refractivity contribution is 5.85. The average Bonchev–Trinajstić information content (AvgIpc) is 2.23. The Morgan fingerprint density at radius 1 is 1.33 bits per heavy atom. The van der Waals surface area contributed by atoms with Crippen LogP contribution in [0.3, 0.4) is 0 Å². The van der Waals surface area contributed by atoms with Crippen LogP contribution in [0.4, 0.5) is 4.39 Å². The van der Waals surface area contributed by atoms with Gasteiger partial charge in [0.05, 0.1) is 0 Å². The minimum Gasteiger partial charge on any atom is -0.314 e. The lowest BCUT2D eigenvalue weighted by Crippen LogP contribution is -2.42. The third-order valence-corrected chi connectivity index (χ3v) is 2.66. The van der Waals surface area contributed by atoms with Crippen LogP contribution < -0.4 is 10.6 Å². The van der Waals surface area contributed by atoms with Gasteiger partial charge in [0.25, 0.3) is 0 Å². The predicted molar refractivity (Wildman–Crippen MR) is 62.0 cm³/mol. The zero-order valence-corrected chi connectivity index (χ0v) is 9.53. The Kier molecular flexibility index (Phi) is 4.51. The van der Waals surface area contributed by atoms with E-state index in [9.17, 15) is 4.39 Å². The lowest BCUT2D eigenvalue weighted by atomic mass is 10.00. The summed E-state index contributed by atoms with van der Waals surface area (Å²) >= 11 is 0. The fourth-order valence-corrected chi connectivity index (χ4v) is 1.86. The summed E-state index contributed by atoms with van der Waals surface area (Å²) in [5, 5.41) is 6.67. The molecule has 2 N–H and O–H groups in total. The van der Waals surface area contributed by atoms with Gasteiger partial charge in [-0.1, -0.05) is 6.07 Å². The molecular formula is C11H16ClFN2. The van der Waals surface area contributed by atoms with E-state index in [1.54, 1.807) is 6.07 Å². The van der Waals surface area contributed by atoms with Crippen molar-refractivity contribution in [3.63, 3.8) is 0 Å². The quantitative estimate of drug-likeness (QED) is 0.769. The molecule has 0 saturated carbocycles. The van der Waals surface area contributed by atoms with Gasteiger partial charge in [-0.2, -0.15) is 0 Å². The summed E-state index contributed by atoms with van der Waals surface area (Å²) in [5.74, 6) is -0.155. The fraction of sp³-hybridized carbons (Fsp3) is 0.455. The number of hydrogen-bond acceptors (Lipinski definition) is 2. The lowest BCUT2D eigenvalue weighted by molar-refractivity contribution is 0.427. The second-order valence-electron chi connectivity index (χ2n) is 3.71. The van der Waals surface area contributed by atoms with Gasteiger partial charge in [0.1, 0.15) is 5.82 Å². The molecule has 0 aromatic heterocycles. The highest BCUT2D eigenvalue weighted by Gasteiger charge is 2.16. The van der Waals surface area contributed by atoms with Crippen molar-refractivity contribution in [2.45, 2.75) is 13.0 Å².